The monoisotopic (exact) mass is 381 g/mol. The van der Waals surface area contributed by atoms with Crippen molar-refractivity contribution in [3.05, 3.63) is 24.7 Å². The number of amides is 1. The maximum absolute atomic E-state index is 11.9. The van der Waals surface area contributed by atoms with E-state index in [1.54, 1.807) is 19.4 Å². The van der Waals surface area contributed by atoms with Gasteiger partial charge in [0.2, 0.25) is 11.8 Å². The molecule has 3 aromatic rings. The molecule has 4 rings (SSSR count). The highest BCUT2D eigenvalue weighted by Gasteiger charge is 2.26. The molecular formula is C19H23N7O2. The van der Waals surface area contributed by atoms with Crippen LogP contribution in [0.25, 0.3) is 22.6 Å². The summed E-state index contributed by atoms with van der Waals surface area (Å²) in [5.74, 6) is 2.17. The molecular weight excluding hydrogens is 358 g/mol. The first-order valence-corrected chi connectivity index (χ1v) is 9.32. The van der Waals surface area contributed by atoms with Gasteiger partial charge in [-0.25, -0.2) is 19.9 Å². The van der Waals surface area contributed by atoms with Crippen molar-refractivity contribution in [3.63, 3.8) is 0 Å². The summed E-state index contributed by atoms with van der Waals surface area (Å²) in [6.45, 7) is 3.34. The molecule has 0 aromatic carbocycles. The number of pyridine rings is 1. The number of hydrogen-bond acceptors (Lipinski definition) is 7. The lowest BCUT2D eigenvalue weighted by atomic mass is 10.2. The quantitative estimate of drug-likeness (QED) is 0.720. The fourth-order valence-corrected chi connectivity index (χ4v) is 3.52. The summed E-state index contributed by atoms with van der Waals surface area (Å²) in [6.07, 6.45) is 4.68. The Labute approximate surface area is 162 Å². The molecule has 9 nitrogen and oxygen atoms in total. The van der Waals surface area contributed by atoms with Crippen molar-refractivity contribution in [2.75, 3.05) is 25.5 Å². The van der Waals surface area contributed by atoms with Gasteiger partial charge in [-0.15, -0.1) is 0 Å². The van der Waals surface area contributed by atoms with E-state index in [-0.39, 0.29) is 11.9 Å². The van der Waals surface area contributed by atoms with E-state index in [1.165, 1.54) is 6.33 Å². The number of methoxy groups -OCH3 is 1. The summed E-state index contributed by atoms with van der Waals surface area (Å²) in [5, 5.41) is 3.45. The molecule has 1 atom stereocenters. The van der Waals surface area contributed by atoms with E-state index < -0.39 is 0 Å². The molecule has 0 aliphatic carbocycles. The smallest absolute Gasteiger partial charge is 0.222 e. The van der Waals surface area contributed by atoms with E-state index >= 15 is 0 Å². The zero-order chi connectivity index (χ0) is 19.7. The number of carbonyl (C=O) groups excluding carboxylic acids is 1. The summed E-state index contributed by atoms with van der Waals surface area (Å²) in [5.41, 5.74) is 2.31. The van der Waals surface area contributed by atoms with Gasteiger partial charge in [0, 0.05) is 50.4 Å². The molecule has 3 aromatic heterocycles. The molecule has 0 spiro atoms. The summed E-state index contributed by atoms with van der Waals surface area (Å²) >= 11 is 0. The number of carbonyl (C=O) groups is 1. The molecule has 1 unspecified atom stereocenters. The zero-order valence-electron chi connectivity index (χ0n) is 16.2. The number of imidazole rings is 1. The number of aryl methyl sites for hydroxylation is 1. The third kappa shape index (κ3) is 3.23. The number of aromatic nitrogens is 5. The van der Waals surface area contributed by atoms with Gasteiger partial charge in [0.1, 0.15) is 12.2 Å². The summed E-state index contributed by atoms with van der Waals surface area (Å²) in [6, 6.07) is 3.87. The molecule has 9 heteroatoms. The zero-order valence-corrected chi connectivity index (χ0v) is 16.2. The highest BCUT2D eigenvalue weighted by molar-refractivity contribution is 5.86. The minimum Gasteiger partial charge on any atom is -0.481 e. The first-order chi connectivity index (χ1) is 13.6. The molecule has 1 amide bonds. The standard InChI is InChI=1S/C19H23N7O2/c1-4-15(27)26-8-7-13(10-26)23-17-16-19(22-11-21-17)25(2)18(24-16)12-5-6-14(28-3)20-9-12/h5-6,9,11,13H,4,7-8,10H2,1-3H3,(H,21,22,23). The Balaban J connectivity index is 1.63. The predicted octanol–water partition coefficient (Wildman–Crippen LogP) is 1.86. The summed E-state index contributed by atoms with van der Waals surface area (Å²) < 4.78 is 7.05. The second kappa shape index (κ2) is 7.41. The van der Waals surface area contributed by atoms with Crippen LogP contribution < -0.4 is 10.1 Å². The van der Waals surface area contributed by atoms with Gasteiger partial charge in [0.25, 0.3) is 0 Å². The normalized spacial score (nSPS) is 16.5. The fourth-order valence-electron chi connectivity index (χ4n) is 3.52. The highest BCUT2D eigenvalue weighted by Crippen LogP contribution is 2.27. The Morgan fingerprint density at radius 3 is 2.89 bits per heavy atom. The maximum atomic E-state index is 11.9. The van der Waals surface area contributed by atoms with Gasteiger partial charge in [-0.1, -0.05) is 6.92 Å². The second-order valence-corrected chi connectivity index (χ2v) is 6.80. The van der Waals surface area contributed by atoms with Crippen molar-refractivity contribution in [1.82, 2.24) is 29.4 Å². The Hall–Kier alpha value is -3.23. The Morgan fingerprint density at radius 1 is 1.32 bits per heavy atom. The third-order valence-corrected chi connectivity index (χ3v) is 5.04. The van der Waals surface area contributed by atoms with Crippen LogP contribution in [0, 0.1) is 0 Å². The van der Waals surface area contributed by atoms with Crippen LogP contribution in [0.2, 0.25) is 0 Å². The van der Waals surface area contributed by atoms with E-state index in [1.807, 2.05) is 29.5 Å². The van der Waals surface area contributed by atoms with E-state index in [4.69, 9.17) is 9.72 Å². The average molecular weight is 381 g/mol. The van der Waals surface area contributed by atoms with Gasteiger partial charge >= 0.3 is 0 Å². The molecule has 146 valence electrons. The summed E-state index contributed by atoms with van der Waals surface area (Å²) in [4.78, 5) is 31.6. The number of nitrogens with zero attached hydrogens (tertiary/aromatic N) is 6. The molecule has 28 heavy (non-hydrogen) atoms. The van der Waals surface area contributed by atoms with E-state index in [9.17, 15) is 4.79 Å². The van der Waals surface area contributed by atoms with Gasteiger partial charge in [-0.2, -0.15) is 0 Å². The Kier molecular flexibility index (Phi) is 4.81. The van der Waals surface area contributed by atoms with Crippen molar-refractivity contribution in [3.8, 4) is 17.3 Å². The van der Waals surface area contributed by atoms with E-state index in [0.29, 0.717) is 30.2 Å². The van der Waals surface area contributed by atoms with Crippen LogP contribution in [-0.4, -0.2) is 61.6 Å². The molecule has 4 heterocycles. The number of nitrogens with one attached hydrogen (secondary N) is 1. The second-order valence-electron chi connectivity index (χ2n) is 6.80. The molecule has 0 saturated carbocycles. The highest BCUT2D eigenvalue weighted by atomic mass is 16.5. The molecule has 1 saturated heterocycles. The molecule has 1 aliphatic heterocycles. The predicted molar refractivity (Wildman–Crippen MR) is 105 cm³/mol. The first-order valence-electron chi connectivity index (χ1n) is 9.32. The van der Waals surface area contributed by atoms with Crippen LogP contribution in [0.3, 0.4) is 0 Å². The van der Waals surface area contributed by atoms with Crippen LogP contribution in [0.4, 0.5) is 5.82 Å². The van der Waals surface area contributed by atoms with Gasteiger partial charge in [-0.3, -0.25) is 4.79 Å². The first kappa shape index (κ1) is 18.1. The van der Waals surface area contributed by atoms with Crippen molar-refractivity contribution in [2.24, 2.45) is 7.05 Å². The molecule has 1 N–H and O–H groups in total. The lowest BCUT2D eigenvalue weighted by molar-refractivity contribution is -0.129. The van der Waals surface area contributed by atoms with Gasteiger partial charge in [0.05, 0.1) is 7.11 Å². The lowest BCUT2D eigenvalue weighted by Gasteiger charge is -2.16. The number of ether oxygens (including phenoxy) is 1. The van der Waals surface area contributed by atoms with Crippen molar-refractivity contribution < 1.29 is 9.53 Å². The summed E-state index contributed by atoms with van der Waals surface area (Å²) in [7, 11) is 3.51. The molecule has 1 fully saturated rings. The number of anilines is 1. The lowest BCUT2D eigenvalue weighted by Crippen LogP contribution is -2.31. The van der Waals surface area contributed by atoms with E-state index in [2.05, 4.69) is 20.3 Å². The minimum atomic E-state index is 0.154. The Morgan fingerprint density at radius 2 is 2.18 bits per heavy atom. The third-order valence-electron chi connectivity index (χ3n) is 5.04. The van der Waals surface area contributed by atoms with Crippen LogP contribution in [0.15, 0.2) is 24.7 Å². The van der Waals surface area contributed by atoms with Crippen molar-refractivity contribution in [1.29, 1.82) is 0 Å². The van der Waals surface area contributed by atoms with Gasteiger partial charge in [0.15, 0.2) is 17.0 Å². The van der Waals surface area contributed by atoms with Crippen molar-refractivity contribution >= 4 is 22.9 Å². The van der Waals surface area contributed by atoms with Crippen LogP contribution in [0.1, 0.15) is 19.8 Å². The van der Waals surface area contributed by atoms with Crippen LogP contribution in [0.5, 0.6) is 5.88 Å². The molecule has 0 radical (unpaired) electrons. The van der Waals surface area contributed by atoms with Crippen LogP contribution in [-0.2, 0) is 11.8 Å². The molecule has 1 aliphatic rings. The largest absolute Gasteiger partial charge is 0.481 e. The van der Waals surface area contributed by atoms with E-state index in [0.717, 1.165) is 30.0 Å². The number of hydrogen-bond donors (Lipinski definition) is 1. The van der Waals surface area contributed by atoms with Crippen LogP contribution >= 0.6 is 0 Å². The van der Waals surface area contributed by atoms with Gasteiger partial charge in [-0.05, 0) is 12.5 Å². The number of rotatable bonds is 5. The topological polar surface area (TPSA) is 98.1 Å². The fraction of sp³-hybridized carbons (Fsp3) is 0.421. The molecule has 0 bridgehead atoms. The number of likely N-dealkylation sites (tertiary alicyclic amines) is 1. The maximum Gasteiger partial charge on any atom is 0.222 e. The minimum absolute atomic E-state index is 0.154. The van der Waals surface area contributed by atoms with Gasteiger partial charge < -0.3 is 19.5 Å². The Bertz CT molecular complexity index is 999. The average Bonchev–Trinajstić information content (AvgIpc) is 3.33. The number of fused-ring (bicyclic) bond motifs is 1. The SMILES string of the molecule is CCC(=O)N1CCC(Nc2ncnc3c2nc(-c2ccc(OC)nc2)n3C)C1. The van der Waals surface area contributed by atoms with Crippen molar-refractivity contribution in [2.45, 2.75) is 25.8 Å².